The minimum Gasteiger partial charge on any atom is -0.463 e. The van der Waals surface area contributed by atoms with Gasteiger partial charge in [0.05, 0.1) is 11.5 Å². The van der Waals surface area contributed by atoms with Crippen LogP contribution < -0.4 is 4.74 Å². The number of aliphatic hydroxyl groups is 1. The molecular formula is C21H25NO13. The first kappa shape index (κ1) is 27.5. The van der Waals surface area contributed by atoms with E-state index < -0.39 is 72.7 Å². The molecule has 1 N–H and O–H groups in total. The van der Waals surface area contributed by atoms with Crippen molar-refractivity contribution in [2.24, 2.45) is 0 Å². The van der Waals surface area contributed by atoms with Gasteiger partial charge in [0.1, 0.15) is 18.5 Å². The number of ether oxygens (including phenoxy) is 6. The van der Waals surface area contributed by atoms with Gasteiger partial charge in [-0.2, -0.15) is 0 Å². The first-order valence-corrected chi connectivity index (χ1v) is 10.3. The summed E-state index contributed by atoms with van der Waals surface area (Å²) in [7, 11) is 0. The van der Waals surface area contributed by atoms with Gasteiger partial charge in [0.2, 0.25) is 12.4 Å². The van der Waals surface area contributed by atoms with Gasteiger partial charge in [0.25, 0.3) is 5.69 Å². The fraction of sp³-hybridized carbons (Fsp3) is 0.524. The first-order valence-electron chi connectivity index (χ1n) is 10.3. The zero-order valence-corrected chi connectivity index (χ0v) is 19.3. The molecule has 35 heavy (non-hydrogen) atoms. The zero-order chi connectivity index (χ0) is 26.3. The maximum Gasteiger partial charge on any atom is 0.303 e. The van der Waals surface area contributed by atoms with Crippen molar-refractivity contribution in [2.45, 2.75) is 65.0 Å². The minimum atomic E-state index is -1.54. The summed E-state index contributed by atoms with van der Waals surface area (Å²) in [5.41, 5.74) is -0.310. The average Bonchev–Trinajstić information content (AvgIpc) is 2.75. The van der Waals surface area contributed by atoms with Crippen molar-refractivity contribution in [3.8, 4) is 5.75 Å². The Kier molecular flexibility index (Phi) is 9.48. The molecule has 1 fully saturated rings. The van der Waals surface area contributed by atoms with E-state index in [0.29, 0.717) is 0 Å². The molecule has 0 radical (unpaired) electrons. The maximum atomic E-state index is 11.8. The van der Waals surface area contributed by atoms with Gasteiger partial charge in [-0.25, -0.2) is 0 Å². The molecule has 1 heterocycles. The van der Waals surface area contributed by atoms with Gasteiger partial charge in [-0.1, -0.05) is 0 Å². The van der Waals surface area contributed by atoms with E-state index in [4.69, 9.17) is 28.4 Å². The summed E-state index contributed by atoms with van der Waals surface area (Å²) in [6, 6.07) is 3.37. The summed E-state index contributed by atoms with van der Waals surface area (Å²) in [6.07, 6.45) is -7.08. The van der Waals surface area contributed by atoms with Crippen molar-refractivity contribution in [3.05, 3.63) is 33.9 Å². The maximum absolute atomic E-state index is 11.8. The van der Waals surface area contributed by atoms with E-state index in [0.717, 1.165) is 39.8 Å². The third kappa shape index (κ3) is 7.61. The summed E-state index contributed by atoms with van der Waals surface area (Å²) in [5, 5.41) is 20.7. The number of nitrogens with zero attached hydrogens (tertiary/aromatic N) is 1. The topological polar surface area (TPSA) is 187 Å². The van der Waals surface area contributed by atoms with Gasteiger partial charge < -0.3 is 33.5 Å². The Morgan fingerprint density at radius 1 is 0.943 bits per heavy atom. The summed E-state index contributed by atoms with van der Waals surface area (Å²) < 4.78 is 32.4. The molecule has 1 aromatic carbocycles. The normalized spacial score (nSPS) is 23.5. The number of non-ortho nitro benzene ring substituents is 1. The standard InChI is InChI=1S/C21H25NO13/c1-10(24)30-9-17-18(31-11(2)25)19(32-12(3)26)20(33-13(4)27)21(35-17)34-16-6-5-15(22(28)29)7-14(16)8-23/h5-7,17-21,23H,8-9H2,1-4H3/t17-,18+,19+,20-,21?/m1/s1. The molecule has 1 aliphatic rings. The molecular weight excluding hydrogens is 474 g/mol. The lowest BCUT2D eigenvalue weighted by Crippen LogP contribution is -2.63. The van der Waals surface area contributed by atoms with E-state index in [9.17, 15) is 34.4 Å². The van der Waals surface area contributed by atoms with E-state index in [1.807, 2.05) is 0 Å². The van der Waals surface area contributed by atoms with Crippen LogP contribution in [0.2, 0.25) is 0 Å². The Morgan fingerprint density at radius 2 is 1.51 bits per heavy atom. The molecule has 1 unspecified atom stereocenters. The predicted octanol–water partition coefficient (Wildman–Crippen LogP) is 0.549. The highest BCUT2D eigenvalue weighted by molar-refractivity contribution is 5.68. The van der Waals surface area contributed by atoms with Gasteiger partial charge in [-0.15, -0.1) is 0 Å². The van der Waals surface area contributed by atoms with Crippen LogP contribution in [0.25, 0.3) is 0 Å². The van der Waals surface area contributed by atoms with Crippen LogP contribution >= 0.6 is 0 Å². The van der Waals surface area contributed by atoms with Crippen molar-refractivity contribution in [3.63, 3.8) is 0 Å². The van der Waals surface area contributed by atoms with Crippen LogP contribution in [0, 0.1) is 10.1 Å². The number of benzene rings is 1. The summed E-state index contributed by atoms with van der Waals surface area (Å²) in [5.74, 6) is -3.18. The molecule has 0 bridgehead atoms. The second kappa shape index (κ2) is 12.1. The Balaban J connectivity index is 2.52. The Labute approximate surface area is 199 Å². The third-order valence-electron chi connectivity index (χ3n) is 4.62. The molecule has 192 valence electrons. The average molecular weight is 499 g/mol. The third-order valence-corrected chi connectivity index (χ3v) is 4.62. The van der Waals surface area contributed by atoms with E-state index in [1.165, 1.54) is 6.07 Å². The lowest BCUT2D eigenvalue weighted by molar-refractivity contribution is -0.385. The van der Waals surface area contributed by atoms with E-state index in [1.54, 1.807) is 0 Å². The molecule has 0 aliphatic carbocycles. The highest BCUT2D eigenvalue weighted by Gasteiger charge is 2.53. The summed E-state index contributed by atoms with van der Waals surface area (Å²) in [6.45, 7) is 3.25. The van der Waals surface area contributed by atoms with Gasteiger partial charge in [0.15, 0.2) is 12.2 Å². The van der Waals surface area contributed by atoms with Crippen LogP contribution in [0.1, 0.15) is 33.3 Å². The number of aliphatic hydroxyl groups excluding tert-OH is 1. The predicted molar refractivity (Wildman–Crippen MR) is 112 cm³/mol. The highest BCUT2D eigenvalue weighted by atomic mass is 16.7. The van der Waals surface area contributed by atoms with Crippen LogP contribution in [0.4, 0.5) is 5.69 Å². The number of carbonyl (C=O) groups excluding carboxylic acids is 4. The molecule has 0 saturated carbocycles. The molecule has 5 atom stereocenters. The molecule has 14 heteroatoms. The molecule has 1 aromatic rings. The van der Waals surface area contributed by atoms with Gasteiger partial charge in [-0.05, 0) is 6.07 Å². The molecule has 2 rings (SSSR count). The molecule has 1 saturated heterocycles. The number of carbonyl (C=O) groups is 4. The largest absolute Gasteiger partial charge is 0.463 e. The van der Waals surface area contributed by atoms with Crippen molar-refractivity contribution < 1.29 is 57.6 Å². The van der Waals surface area contributed by atoms with E-state index in [2.05, 4.69) is 0 Å². The fourth-order valence-corrected chi connectivity index (χ4v) is 3.33. The molecule has 14 nitrogen and oxygen atoms in total. The second-order valence-corrected chi connectivity index (χ2v) is 7.39. The Bertz CT molecular complexity index is 978. The van der Waals surface area contributed by atoms with Crippen LogP contribution in [0.15, 0.2) is 18.2 Å². The Morgan fingerprint density at radius 3 is 2.03 bits per heavy atom. The number of hydrogen-bond donors (Lipinski definition) is 1. The number of esters is 4. The summed E-state index contributed by atoms with van der Waals surface area (Å²) in [4.78, 5) is 57.2. The molecule has 0 spiro atoms. The first-order chi connectivity index (χ1) is 16.4. The monoisotopic (exact) mass is 499 g/mol. The van der Waals surface area contributed by atoms with Crippen LogP contribution in [-0.4, -0.2) is 71.2 Å². The fourth-order valence-electron chi connectivity index (χ4n) is 3.33. The number of hydrogen-bond acceptors (Lipinski definition) is 13. The lowest BCUT2D eigenvalue weighted by atomic mass is 9.98. The van der Waals surface area contributed by atoms with Crippen LogP contribution in [0.3, 0.4) is 0 Å². The van der Waals surface area contributed by atoms with Gasteiger partial charge in [-0.3, -0.25) is 29.3 Å². The van der Waals surface area contributed by atoms with E-state index in [-0.39, 0.29) is 17.0 Å². The molecule has 0 amide bonds. The lowest BCUT2D eigenvalue weighted by Gasteiger charge is -2.44. The number of nitro benzene ring substituents is 1. The smallest absolute Gasteiger partial charge is 0.303 e. The minimum absolute atomic E-state index is 0.00653. The van der Waals surface area contributed by atoms with Crippen LogP contribution in [0.5, 0.6) is 5.75 Å². The Hall–Kier alpha value is -3.78. The number of nitro groups is 1. The van der Waals surface area contributed by atoms with Crippen LogP contribution in [-0.2, 0) is 49.5 Å². The second-order valence-electron chi connectivity index (χ2n) is 7.39. The SMILES string of the molecule is CC(=O)OC[C@H]1OC(Oc2ccc([N+](=O)[O-])cc2CO)[C@H](OC(C)=O)[C@@H](OC(C)=O)[C@H]1OC(C)=O. The van der Waals surface area contributed by atoms with Crippen molar-refractivity contribution in [1.29, 1.82) is 0 Å². The highest BCUT2D eigenvalue weighted by Crippen LogP contribution is 2.33. The van der Waals surface area contributed by atoms with Gasteiger partial charge >= 0.3 is 23.9 Å². The molecule has 0 aromatic heterocycles. The molecule has 1 aliphatic heterocycles. The van der Waals surface area contributed by atoms with E-state index >= 15 is 0 Å². The summed E-state index contributed by atoms with van der Waals surface area (Å²) >= 11 is 0. The zero-order valence-electron chi connectivity index (χ0n) is 19.3. The van der Waals surface area contributed by atoms with Gasteiger partial charge in [0, 0.05) is 45.4 Å². The number of rotatable bonds is 9. The van der Waals surface area contributed by atoms with Crippen molar-refractivity contribution >= 4 is 29.6 Å². The van der Waals surface area contributed by atoms with Crippen molar-refractivity contribution in [1.82, 2.24) is 0 Å². The van der Waals surface area contributed by atoms with Crippen molar-refractivity contribution in [2.75, 3.05) is 6.61 Å². The quantitative estimate of drug-likeness (QED) is 0.215.